The quantitative estimate of drug-likeness (QED) is 0.341. The Morgan fingerprint density at radius 2 is 1.43 bits per heavy atom. The van der Waals surface area contributed by atoms with Crippen LogP contribution in [-0.4, -0.2) is 41.2 Å². The fourth-order valence-corrected chi connectivity index (χ4v) is 2.08. The van der Waals surface area contributed by atoms with Crippen molar-refractivity contribution in [2.45, 2.75) is 7.43 Å². The number of carbonyl (C=O) groups is 2. The number of nitrogens with zero attached hydrogens (tertiary/aromatic N) is 2. The minimum Gasteiger partial charge on any atom is -0.523 e. The smallest absolute Gasteiger partial charge is 0.212 e. The predicted molar refractivity (Wildman–Crippen MR) is 70.5 cm³/mol. The van der Waals surface area contributed by atoms with E-state index in [2.05, 4.69) is 10.0 Å². The summed E-state index contributed by atoms with van der Waals surface area (Å²) in [6, 6.07) is -0.773. The standard InChI is InChI=1S/C2H4N2O3S.C2H3N2O3S.CH4.2CH3.2Tm/c5-2-3-1-8(6,7)4-2;5-2-1-3-8(6,7)4-2;;;;;/h1H2,(H2,3,4,5);1H2,(H,4,5);1H4;2*1H3;;/q;-1;;2*-1;;/p-1. The number of carbonyl (C=O) groups excluding carboxylic acids is 2. The number of hydrogen-bond donors (Lipinski definition) is 2. The molecule has 10 nitrogen and oxygen atoms in total. The molecule has 0 aliphatic carbocycles. The van der Waals surface area contributed by atoms with E-state index in [1.54, 1.807) is 9.44 Å². The molecular formula is C7H16N4O6S2Tm2-4. The number of amides is 3. The number of rotatable bonds is 0. The predicted octanol–water partition coefficient (Wildman–Crippen LogP) is -0.358. The monoisotopic (exact) mass is 654 g/mol. The molecule has 0 aromatic heterocycles. The van der Waals surface area contributed by atoms with E-state index in [0.717, 1.165) is 0 Å². The molecule has 2 radical (unpaired) electrons. The molecule has 0 spiro atoms. The van der Waals surface area contributed by atoms with Gasteiger partial charge in [0.2, 0.25) is 5.91 Å². The molecule has 142 valence electrons. The summed E-state index contributed by atoms with van der Waals surface area (Å²) in [6.45, 7) is -0.262. The maximum absolute atomic E-state index is 10.2. The zero-order valence-electron chi connectivity index (χ0n) is 10.1. The van der Waals surface area contributed by atoms with Gasteiger partial charge in [0.15, 0.2) is 26.3 Å². The van der Waals surface area contributed by atoms with Crippen LogP contribution in [0.4, 0.5) is 4.79 Å². The van der Waals surface area contributed by atoms with Gasteiger partial charge in [-0.05, 0) is 0 Å². The van der Waals surface area contributed by atoms with Crippen LogP contribution >= 0.6 is 0 Å². The van der Waals surface area contributed by atoms with Crippen LogP contribution in [0.5, 0.6) is 0 Å². The van der Waals surface area contributed by atoms with Crippen molar-refractivity contribution in [1.82, 2.24) is 9.44 Å². The van der Waals surface area contributed by atoms with Gasteiger partial charge < -0.3 is 29.6 Å². The molecule has 3 amide bonds. The molecule has 21 heavy (non-hydrogen) atoms. The van der Waals surface area contributed by atoms with E-state index in [4.69, 9.17) is 0 Å². The fourth-order valence-electron chi connectivity index (χ4n) is 0.693. The van der Waals surface area contributed by atoms with Crippen molar-refractivity contribution in [3.63, 3.8) is 0 Å². The molecule has 2 aliphatic rings. The summed E-state index contributed by atoms with van der Waals surface area (Å²) in [5.41, 5.74) is 0. The average Bonchev–Trinajstić information content (AvgIpc) is 2.56. The van der Waals surface area contributed by atoms with E-state index in [0.29, 0.717) is 0 Å². The van der Waals surface area contributed by atoms with Crippen LogP contribution < -0.4 is 9.44 Å². The van der Waals surface area contributed by atoms with Crippen LogP contribution in [0.25, 0.3) is 10.0 Å². The van der Waals surface area contributed by atoms with Crippen molar-refractivity contribution in [1.29, 1.82) is 0 Å². The van der Waals surface area contributed by atoms with Gasteiger partial charge in [0.1, 0.15) is 0 Å². The van der Waals surface area contributed by atoms with Crippen molar-refractivity contribution in [2.75, 3.05) is 12.4 Å². The Hall–Kier alpha value is 1.07. The van der Waals surface area contributed by atoms with Gasteiger partial charge in [-0.25, -0.2) is 16.8 Å². The van der Waals surface area contributed by atoms with Crippen LogP contribution in [0.15, 0.2) is 0 Å². The Kier molecular flexibility index (Phi) is 21.6. The van der Waals surface area contributed by atoms with Gasteiger partial charge in [0.05, 0.1) is 5.88 Å². The molecule has 2 saturated heterocycles. The minimum absolute atomic E-state index is 0. The molecular weight excluding hydrogens is 638 g/mol. The largest absolute Gasteiger partial charge is 0.523 e. The summed E-state index contributed by atoms with van der Waals surface area (Å²) < 4.78 is 47.0. The van der Waals surface area contributed by atoms with Crippen LogP contribution in [0.2, 0.25) is 0 Å². The summed E-state index contributed by atoms with van der Waals surface area (Å²) in [6.07, 6.45) is 0. The first-order valence-corrected chi connectivity index (χ1v) is 6.76. The van der Waals surface area contributed by atoms with E-state index in [1.807, 2.05) is 0 Å². The summed E-state index contributed by atoms with van der Waals surface area (Å²) >= 11 is 0. The van der Waals surface area contributed by atoms with Crippen molar-refractivity contribution in [2.24, 2.45) is 0 Å². The third-order valence-corrected chi connectivity index (χ3v) is 3.15. The fraction of sp³-hybridized carbons (Fsp3) is 0.429. The first-order chi connectivity index (χ1) is 7.20. The molecule has 0 aromatic rings. The number of urea groups is 1. The summed E-state index contributed by atoms with van der Waals surface area (Å²) in [5, 5.41) is 3.05. The van der Waals surface area contributed by atoms with Crippen LogP contribution in [0.1, 0.15) is 7.43 Å². The molecule has 2 N–H and O–H groups in total. The van der Waals surface area contributed by atoms with Gasteiger partial charge in [-0.15, -0.1) is 0 Å². The van der Waals surface area contributed by atoms with E-state index in [9.17, 15) is 26.4 Å². The zero-order chi connectivity index (χ0) is 12.4. The van der Waals surface area contributed by atoms with Gasteiger partial charge in [-0.3, -0.25) is 14.3 Å². The van der Waals surface area contributed by atoms with Gasteiger partial charge in [-0.2, -0.15) is 0 Å². The van der Waals surface area contributed by atoms with Crippen LogP contribution in [0.3, 0.4) is 0 Å². The first kappa shape index (κ1) is 33.6. The Morgan fingerprint density at radius 3 is 1.52 bits per heavy atom. The van der Waals surface area contributed by atoms with E-state index in [-0.39, 0.29) is 103 Å². The maximum atomic E-state index is 10.2. The molecule has 14 heteroatoms. The molecule has 2 fully saturated rings. The molecule has 2 heterocycles. The Labute approximate surface area is 184 Å². The molecule has 0 bridgehead atoms. The third-order valence-electron chi connectivity index (χ3n) is 1.24. The molecule has 0 aromatic carbocycles. The molecule has 0 saturated carbocycles. The Balaban J connectivity index is -0.0000000656. The topological polar surface area (TPSA) is 155 Å². The molecule has 2 rings (SSSR count). The molecule has 0 atom stereocenters. The Morgan fingerprint density at radius 1 is 0.952 bits per heavy atom. The van der Waals surface area contributed by atoms with Gasteiger partial charge in [0, 0.05) is 73.7 Å². The van der Waals surface area contributed by atoms with Gasteiger partial charge >= 0.3 is 0 Å². The van der Waals surface area contributed by atoms with Crippen molar-refractivity contribution < 1.29 is 100 Å². The second-order valence-electron chi connectivity index (χ2n) is 2.60. The minimum atomic E-state index is -3.57. The SMILES string of the molecule is C.O=C1C[N-]S(=O)(=O)N1.O=C1[N-]CS(=O)(=O)N1.[CH3-].[CH3-].[Tm].[Tm]. The number of nitrogens with one attached hydrogen (secondary N) is 2. The normalized spacial score (nSPS) is 18.9. The number of hydrogen-bond acceptors (Lipinski definition) is 6. The zero-order valence-corrected chi connectivity index (χ0v) is 15.3. The second kappa shape index (κ2) is 13.5. The van der Waals surface area contributed by atoms with Crippen molar-refractivity contribution in [3.05, 3.63) is 24.9 Å². The second-order valence-corrected chi connectivity index (χ2v) is 5.70. The molecule has 0 unspecified atom stereocenters. The van der Waals surface area contributed by atoms with Crippen LogP contribution in [-0.2, 0) is 25.0 Å². The average molecular weight is 654 g/mol. The van der Waals surface area contributed by atoms with E-state index < -0.39 is 38.0 Å². The summed E-state index contributed by atoms with van der Waals surface area (Å²) in [7, 11) is -6.93. The van der Waals surface area contributed by atoms with Gasteiger partial charge in [-0.1, -0.05) is 14.0 Å². The maximum Gasteiger partial charge on any atom is 0.212 e. The molecule has 2 aliphatic heterocycles. The first-order valence-electron chi connectivity index (χ1n) is 3.66. The third kappa shape index (κ3) is 14.4. The number of sulfonamides is 1. The van der Waals surface area contributed by atoms with Gasteiger partial charge in [0.25, 0.3) is 0 Å². The summed E-state index contributed by atoms with van der Waals surface area (Å²) in [4.78, 5) is 20.1. The van der Waals surface area contributed by atoms with E-state index in [1.165, 1.54) is 0 Å². The summed E-state index contributed by atoms with van der Waals surface area (Å²) in [5.74, 6) is -0.990. The van der Waals surface area contributed by atoms with Crippen LogP contribution in [0, 0.1) is 88.6 Å². The Bertz CT molecular complexity index is 473. The van der Waals surface area contributed by atoms with Crippen molar-refractivity contribution in [3.8, 4) is 0 Å². The van der Waals surface area contributed by atoms with E-state index >= 15 is 0 Å². The van der Waals surface area contributed by atoms with Crippen molar-refractivity contribution >= 4 is 32.2 Å².